The second kappa shape index (κ2) is 10.4. The lowest BCUT2D eigenvalue weighted by Crippen LogP contribution is -2.44. The number of ether oxygens (including phenoxy) is 1. The fourth-order valence-electron chi connectivity index (χ4n) is 2.99. The van der Waals surface area contributed by atoms with Gasteiger partial charge in [0.15, 0.2) is 0 Å². The Balaban J connectivity index is 1.74. The second-order valence-electron chi connectivity index (χ2n) is 6.83. The molecule has 0 aliphatic heterocycles. The van der Waals surface area contributed by atoms with Gasteiger partial charge >= 0.3 is 5.97 Å². The number of nitrogens with zero attached hydrogens (tertiary/aromatic N) is 3. The Bertz CT molecular complexity index is 1020. The van der Waals surface area contributed by atoms with Crippen molar-refractivity contribution in [1.29, 1.82) is 0 Å². The van der Waals surface area contributed by atoms with Crippen LogP contribution in [0.2, 0.25) is 0 Å². The van der Waals surface area contributed by atoms with Gasteiger partial charge in [-0.3, -0.25) is 24.6 Å². The number of esters is 1. The molecule has 0 saturated carbocycles. The highest BCUT2D eigenvalue weighted by Crippen LogP contribution is 2.20. The normalized spacial score (nSPS) is 11.7. The van der Waals surface area contributed by atoms with Crippen LogP contribution in [0.3, 0.4) is 0 Å². The van der Waals surface area contributed by atoms with Crippen molar-refractivity contribution in [1.82, 2.24) is 20.1 Å². The molecule has 8 nitrogen and oxygen atoms in total. The minimum atomic E-state index is -0.742. The molecule has 3 rings (SSSR count). The molecule has 0 aliphatic carbocycles. The number of pyridine rings is 1. The summed E-state index contributed by atoms with van der Waals surface area (Å²) in [6, 6.07) is 10.5. The van der Waals surface area contributed by atoms with E-state index in [1.807, 2.05) is 12.1 Å². The molecule has 0 saturated heterocycles. The lowest BCUT2D eigenvalue weighted by Gasteiger charge is -2.18. The molecule has 2 heterocycles. The van der Waals surface area contributed by atoms with Gasteiger partial charge in [-0.1, -0.05) is 12.1 Å². The van der Waals surface area contributed by atoms with Crippen molar-refractivity contribution in [2.45, 2.75) is 19.4 Å². The fraction of sp³-hybridized carbons (Fsp3) is 0.273. The summed E-state index contributed by atoms with van der Waals surface area (Å²) in [4.78, 5) is 28.7. The molecular formula is C22H24FN5O3. The topological polar surface area (TPSA) is 98.1 Å². The Labute approximate surface area is 179 Å². The van der Waals surface area contributed by atoms with Crippen molar-refractivity contribution >= 4 is 17.7 Å². The van der Waals surface area contributed by atoms with Crippen molar-refractivity contribution < 1.29 is 18.7 Å². The molecule has 1 atom stereocenters. The SMILES string of the molecule is CCOC(=O)CNC(Cc1ccc(F)cc1)C(=O)Nc1cc(-c2ccncc2)nn1C. The smallest absolute Gasteiger partial charge is 0.319 e. The maximum Gasteiger partial charge on any atom is 0.319 e. The van der Waals surface area contributed by atoms with E-state index in [0.717, 1.165) is 11.1 Å². The largest absolute Gasteiger partial charge is 0.465 e. The summed E-state index contributed by atoms with van der Waals surface area (Å²) < 4.78 is 19.7. The highest BCUT2D eigenvalue weighted by Gasteiger charge is 2.22. The first-order valence-electron chi connectivity index (χ1n) is 9.85. The van der Waals surface area contributed by atoms with Crippen LogP contribution in [-0.4, -0.2) is 45.8 Å². The van der Waals surface area contributed by atoms with E-state index in [1.165, 1.54) is 12.1 Å². The lowest BCUT2D eigenvalue weighted by atomic mass is 10.1. The molecule has 2 N–H and O–H groups in total. The zero-order valence-electron chi connectivity index (χ0n) is 17.3. The van der Waals surface area contributed by atoms with Crippen molar-refractivity contribution in [3.63, 3.8) is 0 Å². The second-order valence-corrected chi connectivity index (χ2v) is 6.83. The lowest BCUT2D eigenvalue weighted by molar-refractivity contribution is -0.142. The molecule has 0 bridgehead atoms. The summed E-state index contributed by atoms with van der Waals surface area (Å²) in [5, 5.41) is 10.2. The third kappa shape index (κ3) is 6.19. The van der Waals surface area contributed by atoms with Crippen molar-refractivity contribution in [2.75, 3.05) is 18.5 Å². The fourth-order valence-corrected chi connectivity index (χ4v) is 2.99. The summed E-state index contributed by atoms with van der Waals surface area (Å²) in [6.45, 7) is 1.84. The van der Waals surface area contributed by atoms with Gasteiger partial charge < -0.3 is 10.1 Å². The maximum atomic E-state index is 13.2. The number of amides is 1. The Morgan fingerprint density at radius 3 is 2.55 bits per heavy atom. The van der Waals surface area contributed by atoms with E-state index in [-0.39, 0.29) is 31.3 Å². The molecular weight excluding hydrogens is 401 g/mol. The van der Waals surface area contributed by atoms with Gasteiger partial charge in [-0.05, 0) is 43.2 Å². The Kier molecular flexibility index (Phi) is 7.45. The number of benzene rings is 1. The van der Waals surface area contributed by atoms with Crippen LogP contribution < -0.4 is 10.6 Å². The number of carbonyl (C=O) groups is 2. The van der Waals surface area contributed by atoms with Crippen molar-refractivity contribution in [3.8, 4) is 11.3 Å². The Morgan fingerprint density at radius 1 is 1.16 bits per heavy atom. The van der Waals surface area contributed by atoms with E-state index < -0.39 is 12.0 Å². The first kappa shape index (κ1) is 22.1. The van der Waals surface area contributed by atoms with Crippen LogP contribution >= 0.6 is 0 Å². The van der Waals surface area contributed by atoms with Crippen LogP contribution in [0, 0.1) is 5.82 Å². The number of hydrogen-bond acceptors (Lipinski definition) is 6. The molecule has 0 radical (unpaired) electrons. The zero-order chi connectivity index (χ0) is 22.2. The van der Waals surface area contributed by atoms with Crippen molar-refractivity contribution in [3.05, 3.63) is 66.2 Å². The molecule has 0 spiro atoms. The van der Waals surface area contributed by atoms with Crippen LogP contribution in [0.15, 0.2) is 54.9 Å². The van der Waals surface area contributed by atoms with E-state index in [1.54, 1.807) is 49.2 Å². The van der Waals surface area contributed by atoms with E-state index in [2.05, 4.69) is 20.7 Å². The molecule has 162 valence electrons. The minimum Gasteiger partial charge on any atom is -0.465 e. The summed E-state index contributed by atoms with van der Waals surface area (Å²) in [6.07, 6.45) is 3.60. The quantitative estimate of drug-likeness (QED) is 0.511. The highest BCUT2D eigenvalue weighted by molar-refractivity contribution is 5.95. The molecule has 1 amide bonds. The molecule has 0 aliphatic rings. The number of carbonyl (C=O) groups excluding carboxylic acids is 2. The van der Waals surface area contributed by atoms with Gasteiger partial charge in [0, 0.05) is 31.1 Å². The number of hydrogen-bond donors (Lipinski definition) is 2. The van der Waals surface area contributed by atoms with Crippen LogP contribution in [-0.2, 0) is 27.8 Å². The van der Waals surface area contributed by atoms with Crippen LogP contribution in [0.4, 0.5) is 10.2 Å². The first-order valence-corrected chi connectivity index (χ1v) is 9.85. The van der Waals surface area contributed by atoms with E-state index in [0.29, 0.717) is 11.5 Å². The average molecular weight is 425 g/mol. The Hall–Kier alpha value is -3.59. The number of anilines is 1. The van der Waals surface area contributed by atoms with Gasteiger partial charge in [-0.25, -0.2) is 4.39 Å². The minimum absolute atomic E-state index is 0.124. The molecule has 3 aromatic rings. The third-order valence-electron chi connectivity index (χ3n) is 4.57. The standard InChI is InChI=1S/C22H24FN5O3/c1-3-31-21(29)14-25-19(12-15-4-6-17(23)7-5-15)22(30)26-20-13-18(27-28(20)2)16-8-10-24-11-9-16/h4-11,13,19,25H,3,12,14H2,1-2H3,(H,26,30). The molecule has 1 aromatic carbocycles. The van der Waals surface area contributed by atoms with Crippen LogP contribution in [0.1, 0.15) is 12.5 Å². The number of halogens is 1. The number of aryl methyl sites for hydroxylation is 1. The zero-order valence-corrected chi connectivity index (χ0v) is 17.3. The average Bonchev–Trinajstić information content (AvgIpc) is 3.13. The third-order valence-corrected chi connectivity index (χ3v) is 4.57. The first-order chi connectivity index (χ1) is 15.0. The summed E-state index contributed by atoms with van der Waals surface area (Å²) >= 11 is 0. The summed E-state index contributed by atoms with van der Waals surface area (Å²) in [5.74, 6) is -0.667. The van der Waals surface area contributed by atoms with Crippen LogP contribution in [0.25, 0.3) is 11.3 Å². The molecule has 0 fully saturated rings. The highest BCUT2D eigenvalue weighted by atomic mass is 19.1. The predicted molar refractivity (Wildman–Crippen MR) is 114 cm³/mol. The molecule has 9 heteroatoms. The van der Waals surface area contributed by atoms with Gasteiger partial charge in [-0.2, -0.15) is 5.10 Å². The van der Waals surface area contributed by atoms with Gasteiger partial charge in [0.05, 0.1) is 24.9 Å². The maximum absolute atomic E-state index is 13.2. The molecule has 2 aromatic heterocycles. The van der Waals surface area contributed by atoms with Crippen LogP contribution in [0.5, 0.6) is 0 Å². The number of rotatable bonds is 9. The molecule has 31 heavy (non-hydrogen) atoms. The summed E-state index contributed by atoms with van der Waals surface area (Å²) in [5.41, 5.74) is 2.31. The van der Waals surface area contributed by atoms with Gasteiger partial charge in [0.2, 0.25) is 5.91 Å². The van der Waals surface area contributed by atoms with Gasteiger partial charge in [0.1, 0.15) is 11.6 Å². The van der Waals surface area contributed by atoms with Gasteiger partial charge in [0.25, 0.3) is 0 Å². The van der Waals surface area contributed by atoms with E-state index in [9.17, 15) is 14.0 Å². The predicted octanol–water partition coefficient (Wildman–Crippen LogP) is 2.32. The van der Waals surface area contributed by atoms with E-state index >= 15 is 0 Å². The summed E-state index contributed by atoms with van der Waals surface area (Å²) in [7, 11) is 1.72. The monoisotopic (exact) mass is 425 g/mol. The molecule has 1 unspecified atom stereocenters. The van der Waals surface area contributed by atoms with Crippen molar-refractivity contribution in [2.24, 2.45) is 7.05 Å². The number of nitrogens with one attached hydrogen (secondary N) is 2. The van der Waals surface area contributed by atoms with E-state index in [4.69, 9.17) is 4.74 Å². The Morgan fingerprint density at radius 2 is 1.87 bits per heavy atom. The number of aromatic nitrogens is 3. The van der Waals surface area contributed by atoms with Gasteiger partial charge in [-0.15, -0.1) is 0 Å².